The number of rotatable bonds is 5. The standard InChI is InChI=1S/C16H23NO2/c1-3-17(4-2)16(18)12-19-15-10-9-13-7-5-6-8-14(13)11-15/h9-11H,3-8,12H2,1-2H3. The minimum atomic E-state index is 0.0581. The zero-order chi connectivity index (χ0) is 13.7. The molecule has 3 nitrogen and oxygen atoms in total. The number of hydrogen-bond acceptors (Lipinski definition) is 2. The van der Waals surface area contributed by atoms with E-state index in [1.807, 2.05) is 19.9 Å². The highest BCUT2D eigenvalue weighted by molar-refractivity contribution is 5.77. The van der Waals surface area contributed by atoms with Gasteiger partial charge in [-0.25, -0.2) is 0 Å². The van der Waals surface area contributed by atoms with E-state index >= 15 is 0 Å². The number of ether oxygens (including phenoxy) is 1. The summed E-state index contributed by atoms with van der Waals surface area (Å²) in [5.74, 6) is 0.879. The third-order valence-corrected chi connectivity index (χ3v) is 3.80. The molecule has 0 radical (unpaired) electrons. The second-order valence-corrected chi connectivity index (χ2v) is 4.99. The van der Waals surface area contributed by atoms with Crippen LogP contribution in [0.2, 0.25) is 0 Å². The van der Waals surface area contributed by atoms with Gasteiger partial charge in [0.2, 0.25) is 0 Å². The van der Waals surface area contributed by atoms with Crippen molar-refractivity contribution in [3.8, 4) is 5.75 Å². The molecule has 0 aromatic heterocycles. The van der Waals surface area contributed by atoms with Gasteiger partial charge in [0.1, 0.15) is 5.75 Å². The van der Waals surface area contributed by atoms with E-state index in [9.17, 15) is 4.79 Å². The Morgan fingerprint density at radius 1 is 1.16 bits per heavy atom. The number of amides is 1. The van der Waals surface area contributed by atoms with Crippen LogP contribution in [0.15, 0.2) is 18.2 Å². The molecule has 1 aliphatic carbocycles. The fourth-order valence-corrected chi connectivity index (χ4v) is 2.61. The molecule has 0 saturated heterocycles. The topological polar surface area (TPSA) is 29.5 Å². The van der Waals surface area contributed by atoms with E-state index in [1.54, 1.807) is 4.90 Å². The first-order valence-corrected chi connectivity index (χ1v) is 7.27. The van der Waals surface area contributed by atoms with Crippen molar-refractivity contribution in [1.82, 2.24) is 4.90 Å². The summed E-state index contributed by atoms with van der Waals surface area (Å²) in [4.78, 5) is 13.7. The number of benzene rings is 1. The van der Waals surface area contributed by atoms with Gasteiger partial charge >= 0.3 is 0 Å². The Morgan fingerprint density at radius 3 is 2.53 bits per heavy atom. The molecule has 1 aromatic carbocycles. The van der Waals surface area contributed by atoms with Gasteiger partial charge in [-0.3, -0.25) is 4.79 Å². The third kappa shape index (κ3) is 3.49. The maximum atomic E-state index is 11.9. The molecule has 0 aliphatic heterocycles. The fraction of sp³-hybridized carbons (Fsp3) is 0.562. The average Bonchev–Trinajstić information content (AvgIpc) is 2.46. The number of likely N-dealkylation sites (N-methyl/N-ethyl adjacent to an activating group) is 1. The minimum Gasteiger partial charge on any atom is -0.484 e. The molecule has 3 heteroatoms. The van der Waals surface area contributed by atoms with Gasteiger partial charge in [0, 0.05) is 13.1 Å². The van der Waals surface area contributed by atoms with Crippen molar-refractivity contribution in [3.63, 3.8) is 0 Å². The van der Waals surface area contributed by atoms with Gasteiger partial charge in [-0.2, -0.15) is 0 Å². The van der Waals surface area contributed by atoms with Crippen LogP contribution in [0.25, 0.3) is 0 Å². The predicted octanol–water partition coefficient (Wildman–Crippen LogP) is 2.81. The number of carbonyl (C=O) groups excluding carboxylic acids is 1. The van der Waals surface area contributed by atoms with Crippen molar-refractivity contribution in [2.45, 2.75) is 39.5 Å². The van der Waals surface area contributed by atoms with E-state index in [4.69, 9.17) is 4.74 Å². The van der Waals surface area contributed by atoms with Crippen LogP contribution in [0.1, 0.15) is 37.8 Å². The van der Waals surface area contributed by atoms with Gasteiger partial charge in [0.15, 0.2) is 6.61 Å². The summed E-state index contributed by atoms with van der Waals surface area (Å²) >= 11 is 0. The number of hydrogen-bond donors (Lipinski definition) is 0. The van der Waals surface area contributed by atoms with Crippen LogP contribution in [-0.4, -0.2) is 30.5 Å². The molecule has 0 atom stereocenters. The molecule has 0 bridgehead atoms. The largest absolute Gasteiger partial charge is 0.484 e. The molecule has 104 valence electrons. The van der Waals surface area contributed by atoms with E-state index in [0.717, 1.165) is 25.3 Å². The van der Waals surface area contributed by atoms with Gasteiger partial charge in [-0.05, 0) is 62.8 Å². The van der Waals surface area contributed by atoms with E-state index in [0.29, 0.717) is 0 Å². The van der Waals surface area contributed by atoms with Crippen LogP contribution in [-0.2, 0) is 17.6 Å². The Kier molecular flexibility index (Phi) is 4.83. The third-order valence-electron chi connectivity index (χ3n) is 3.80. The lowest BCUT2D eigenvalue weighted by Crippen LogP contribution is -2.34. The molecule has 0 N–H and O–H groups in total. The summed E-state index contributed by atoms with van der Waals surface area (Å²) in [6.45, 7) is 5.59. The molecule has 0 heterocycles. The summed E-state index contributed by atoms with van der Waals surface area (Å²) in [6.07, 6.45) is 4.85. The Bertz CT molecular complexity index is 438. The number of fused-ring (bicyclic) bond motifs is 1. The summed E-state index contributed by atoms with van der Waals surface area (Å²) in [5, 5.41) is 0. The minimum absolute atomic E-state index is 0.0581. The monoisotopic (exact) mass is 261 g/mol. The molecule has 0 saturated carbocycles. The van der Waals surface area contributed by atoms with E-state index in [1.165, 1.54) is 30.4 Å². The van der Waals surface area contributed by atoms with Gasteiger partial charge in [0.25, 0.3) is 5.91 Å². The van der Waals surface area contributed by atoms with Crippen molar-refractivity contribution in [1.29, 1.82) is 0 Å². The van der Waals surface area contributed by atoms with Gasteiger partial charge in [-0.1, -0.05) is 6.07 Å². The first-order valence-electron chi connectivity index (χ1n) is 7.27. The van der Waals surface area contributed by atoms with Crippen LogP contribution in [0, 0.1) is 0 Å². The molecule has 1 amide bonds. The molecule has 0 fully saturated rings. The van der Waals surface area contributed by atoms with Crippen LogP contribution >= 0.6 is 0 Å². The van der Waals surface area contributed by atoms with Crippen LogP contribution in [0.3, 0.4) is 0 Å². The SMILES string of the molecule is CCN(CC)C(=O)COc1ccc2c(c1)CCCC2. The Labute approximate surface area is 115 Å². The predicted molar refractivity (Wildman–Crippen MR) is 76.5 cm³/mol. The van der Waals surface area contributed by atoms with Gasteiger partial charge in [0.05, 0.1) is 0 Å². The quantitative estimate of drug-likeness (QED) is 0.815. The molecule has 0 unspecified atom stereocenters. The molecule has 2 rings (SSSR count). The number of aryl methyl sites for hydroxylation is 2. The molecule has 0 spiro atoms. The summed E-state index contributed by atoms with van der Waals surface area (Å²) in [5.41, 5.74) is 2.83. The molecule has 19 heavy (non-hydrogen) atoms. The van der Waals surface area contributed by atoms with E-state index < -0.39 is 0 Å². The van der Waals surface area contributed by atoms with Crippen molar-refractivity contribution >= 4 is 5.91 Å². The smallest absolute Gasteiger partial charge is 0.260 e. The van der Waals surface area contributed by atoms with E-state index in [2.05, 4.69) is 12.1 Å². The first kappa shape index (κ1) is 13.9. The van der Waals surface area contributed by atoms with Gasteiger partial charge in [-0.15, -0.1) is 0 Å². The summed E-state index contributed by atoms with van der Waals surface area (Å²) in [7, 11) is 0. The normalized spacial score (nSPS) is 13.8. The first-order chi connectivity index (χ1) is 9.24. The summed E-state index contributed by atoms with van der Waals surface area (Å²) in [6, 6.07) is 6.23. The molecule has 1 aliphatic rings. The molecular weight excluding hydrogens is 238 g/mol. The van der Waals surface area contributed by atoms with E-state index in [-0.39, 0.29) is 12.5 Å². The Balaban J connectivity index is 1.94. The van der Waals surface area contributed by atoms with Crippen molar-refractivity contribution in [2.75, 3.05) is 19.7 Å². The lowest BCUT2D eigenvalue weighted by molar-refractivity contribution is -0.132. The highest BCUT2D eigenvalue weighted by atomic mass is 16.5. The Morgan fingerprint density at radius 2 is 1.84 bits per heavy atom. The lowest BCUT2D eigenvalue weighted by atomic mass is 9.92. The zero-order valence-corrected chi connectivity index (χ0v) is 11.9. The maximum absolute atomic E-state index is 11.9. The Hall–Kier alpha value is -1.51. The zero-order valence-electron chi connectivity index (χ0n) is 11.9. The highest BCUT2D eigenvalue weighted by Crippen LogP contribution is 2.25. The lowest BCUT2D eigenvalue weighted by Gasteiger charge is -2.20. The van der Waals surface area contributed by atoms with Crippen molar-refractivity contribution in [3.05, 3.63) is 29.3 Å². The fourth-order valence-electron chi connectivity index (χ4n) is 2.61. The number of nitrogens with zero attached hydrogens (tertiary/aromatic N) is 1. The van der Waals surface area contributed by atoms with Crippen LogP contribution < -0.4 is 4.74 Å². The summed E-state index contributed by atoms with van der Waals surface area (Å²) < 4.78 is 5.63. The molecule has 1 aromatic rings. The molecular formula is C16H23NO2. The second kappa shape index (κ2) is 6.60. The van der Waals surface area contributed by atoms with Crippen LogP contribution in [0.4, 0.5) is 0 Å². The van der Waals surface area contributed by atoms with Crippen molar-refractivity contribution < 1.29 is 9.53 Å². The average molecular weight is 261 g/mol. The van der Waals surface area contributed by atoms with Crippen LogP contribution in [0.5, 0.6) is 5.75 Å². The highest BCUT2D eigenvalue weighted by Gasteiger charge is 2.12. The number of carbonyl (C=O) groups is 1. The van der Waals surface area contributed by atoms with Gasteiger partial charge < -0.3 is 9.64 Å². The second-order valence-electron chi connectivity index (χ2n) is 4.99. The maximum Gasteiger partial charge on any atom is 0.260 e. The van der Waals surface area contributed by atoms with Crippen molar-refractivity contribution in [2.24, 2.45) is 0 Å².